The van der Waals surface area contributed by atoms with E-state index in [0.717, 1.165) is 32.1 Å². The fourth-order valence-corrected chi connectivity index (χ4v) is 16.4. The Kier molecular flexibility index (Phi) is 19.6. The molecule has 9 fully saturated rings. The summed E-state index contributed by atoms with van der Waals surface area (Å²) in [4.78, 5) is 0. The Hall–Kier alpha value is -1.30. The van der Waals surface area contributed by atoms with Gasteiger partial charge in [0.15, 0.2) is 37.2 Å². The van der Waals surface area contributed by atoms with E-state index in [4.69, 9.17) is 52.1 Å². The maximum atomic E-state index is 12.3. The third-order valence-electron chi connectivity index (χ3n) is 21.5. The predicted molar refractivity (Wildman–Crippen MR) is 280 cm³/mol. The van der Waals surface area contributed by atoms with Gasteiger partial charge in [-0.1, -0.05) is 39.3 Å². The number of hydrogen-bond donors (Lipinski definition) is 15. The van der Waals surface area contributed by atoms with Gasteiger partial charge in [0.05, 0.1) is 50.3 Å². The standard InChI is InChI=1S/C57H94O26/c1-21(20-73-50-42(67)40(65)37(62)32(18-58)78-50)10-15-57(72)22(2)34-31(83-57)17-30-28-9-8-26-16-27(11-13-55(26,6)29(28)12-14-56(30,34)7)77-54-49(82-52-44(69)39(64)36(61)24(4)75-52)46(71)48(33(19-59)79-54)81-53-45(70)41(66)47(25(5)76-53)80-51-43(68)38(63)35(60)23(3)74-51/h8,21-25,27-54,58-72H,9-20H2,1-7H3/t21-,22+,23+,24+,25+,27+,28+,29+,30-,31+,32-,33-,34+,35+,36+,37-,38-,39-,40+,41+,42-,43-,44-,45-,46+,47+,48-,49-,50-,51+,52+,53+,54-,55+,56+,57-/m1/s1. The van der Waals surface area contributed by atoms with Crippen molar-refractivity contribution in [2.75, 3.05) is 19.8 Å². The topological polar surface area (TPSA) is 405 Å². The number of allylic oxidation sites excluding steroid dienone is 1. The zero-order chi connectivity index (χ0) is 60.1. The molecule has 26 nitrogen and oxygen atoms in total. The number of rotatable bonds is 16. The minimum absolute atomic E-state index is 0.0864. The molecule has 478 valence electrons. The van der Waals surface area contributed by atoms with E-state index in [1.165, 1.54) is 26.3 Å². The number of fused-ring (bicyclic) bond motifs is 7. The van der Waals surface area contributed by atoms with Gasteiger partial charge in [-0.15, -0.1) is 0 Å². The Labute approximate surface area is 483 Å². The largest absolute Gasteiger partial charge is 0.394 e. The van der Waals surface area contributed by atoms with Crippen LogP contribution in [0.2, 0.25) is 0 Å². The molecule has 10 rings (SSSR count). The van der Waals surface area contributed by atoms with Crippen LogP contribution in [0.3, 0.4) is 0 Å². The van der Waals surface area contributed by atoms with Crippen molar-refractivity contribution in [3.05, 3.63) is 11.6 Å². The second-order valence-electron chi connectivity index (χ2n) is 26.6. The first kappa shape index (κ1) is 64.7. The number of hydrogen-bond acceptors (Lipinski definition) is 26. The van der Waals surface area contributed by atoms with Crippen molar-refractivity contribution in [1.82, 2.24) is 0 Å². The van der Waals surface area contributed by atoms with E-state index in [2.05, 4.69) is 26.8 Å². The predicted octanol–water partition coefficient (Wildman–Crippen LogP) is -3.13. The molecule has 3 saturated carbocycles. The zero-order valence-electron chi connectivity index (χ0n) is 48.3. The fourth-order valence-electron chi connectivity index (χ4n) is 16.4. The lowest BCUT2D eigenvalue weighted by atomic mass is 9.47. The highest BCUT2D eigenvalue weighted by atomic mass is 16.8. The minimum Gasteiger partial charge on any atom is -0.394 e. The molecule has 15 N–H and O–H groups in total. The van der Waals surface area contributed by atoms with Crippen LogP contribution in [-0.2, 0) is 52.1 Å². The van der Waals surface area contributed by atoms with Gasteiger partial charge in [0, 0.05) is 12.3 Å². The molecule has 0 amide bonds. The molecule has 83 heavy (non-hydrogen) atoms. The van der Waals surface area contributed by atoms with E-state index in [1.807, 2.05) is 6.92 Å². The van der Waals surface area contributed by atoms with Gasteiger partial charge < -0.3 is 129 Å². The average Bonchev–Trinajstić information content (AvgIpc) is 2.29. The second kappa shape index (κ2) is 25.2. The molecule has 6 aliphatic heterocycles. The summed E-state index contributed by atoms with van der Waals surface area (Å²) in [6.45, 7) is 12.0. The fraction of sp³-hybridized carbons (Fsp3) is 0.965. The minimum atomic E-state index is -1.88. The van der Waals surface area contributed by atoms with E-state index < -0.39 is 179 Å². The molecule has 0 radical (unpaired) electrons. The van der Waals surface area contributed by atoms with E-state index in [0.29, 0.717) is 43.4 Å². The van der Waals surface area contributed by atoms with Crippen molar-refractivity contribution in [2.24, 2.45) is 46.3 Å². The van der Waals surface area contributed by atoms with Gasteiger partial charge in [-0.2, -0.15) is 0 Å². The number of ether oxygens (including phenoxy) is 11. The smallest absolute Gasteiger partial charge is 0.187 e. The van der Waals surface area contributed by atoms with E-state index >= 15 is 0 Å². The maximum absolute atomic E-state index is 12.3. The summed E-state index contributed by atoms with van der Waals surface area (Å²) in [6.07, 6.45) is -29.2. The van der Waals surface area contributed by atoms with Crippen molar-refractivity contribution < 1.29 is 129 Å². The Bertz CT molecular complexity index is 2200. The molecule has 0 aromatic heterocycles. The Morgan fingerprint density at radius 3 is 1.75 bits per heavy atom. The molecule has 0 aromatic carbocycles. The highest BCUT2D eigenvalue weighted by Crippen LogP contribution is 2.70. The van der Waals surface area contributed by atoms with Crippen LogP contribution in [0, 0.1) is 46.3 Å². The van der Waals surface area contributed by atoms with Crippen LogP contribution in [-0.4, -0.2) is 268 Å². The van der Waals surface area contributed by atoms with Gasteiger partial charge in [-0.25, -0.2) is 0 Å². The zero-order valence-corrected chi connectivity index (χ0v) is 48.3. The second-order valence-corrected chi connectivity index (χ2v) is 26.6. The van der Waals surface area contributed by atoms with Crippen molar-refractivity contribution in [2.45, 2.75) is 278 Å². The van der Waals surface area contributed by atoms with Crippen LogP contribution in [0.25, 0.3) is 0 Å². The van der Waals surface area contributed by atoms with Gasteiger partial charge in [-0.05, 0) is 113 Å². The van der Waals surface area contributed by atoms with Crippen molar-refractivity contribution in [3.8, 4) is 0 Å². The molecule has 0 aromatic rings. The maximum Gasteiger partial charge on any atom is 0.187 e. The highest BCUT2D eigenvalue weighted by Gasteiger charge is 2.68. The highest BCUT2D eigenvalue weighted by molar-refractivity contribution is 5.26. The number of aliphatic hydroxyl groups excluding tert-OH is 14. The van der Waals surface area contributed by atoms with Gasteiger partial charge in [-0.3, -0.25) is 0 Å². The van der Waals surface area contributed by atoms with Gasteiger partial charge in [0.1, 0.15) is 104 Å². The van der Waals surface area contributed by atoms with E-state index in [-0.39, 0.29) is 41.3 Å². The lowest BCUT2D eigenvalue weighted by molar-refractivity contribution is -0.394. The van der Waals surface area contributed by atoms with Crippen molar-refractivity contribution in [1.29, 1.82) is 0 Å². The van der Waals surface area contributed by atoms with Crippen molar-refractivity contribution in [3.63, 3.8) is 0 Å². The third kappa shape index (κ3) is 11.8. The molecular formula is C57H94O26. The summed E-state index contributed by atoms with van der Waals surface area (Å²) in [5, 5.41) is 162. The van der Waals surface area contributed by atoms with Gasteiger partial charge in [0.25, 0.3) is 0 Å². The summed E-state index contributed by atoms with van der Waals surface area (Å²) in [6, 6.07) is 0. The Balaban J connectivity index is 0.786. The summed E-state index contributed by atoms with van der Waals surface area (Å²) in [5.41, 5.74) is 0.970. The quantitative estimate of drug-likeness (QED) is 0.0680. The van der Waals surface area contributed by atoms with Crippen LogP contribution in [0.1, 0.15) is 106 Å². The van der Waals surface area contributed by atoms with Crippen LogP contribution in [0.4, 0.5) is 0 Å². The third-order valence-corrected chi connectivity index (χ3v) is 21.5. The molecule has 26 heteroatoms. The van der Waals surface area contributed by atoms with Crippen LogP contribution in [0.15, 0.2) is 11.6 Å². The summed E-state index contributed by atoms with van der Waals surface area (Å²) < 4.78 is 66.7. The first-order valence-corrected chi connectivity index (χ1v) is 30.1. The normalized spacial score (nSPS) is 55.9. The van der Waals surface area contributed by atoms with Crippen LogP contribution >= 0.6 is 0 Å². The van der Waals surface area contributed by atoms with Crippen LogP contribution in [0.5, 0.6) is 0 Å². The van der Waals surface area contributed by atoms with E-state index in [9.17, 15) is 76.6 Å². The Morgan fingerprint density at radius 2 is 1.12 bits per heavy atom. The molecule has 0 unspecified atom stereocenters. The molecule has 10 aliphatic rings. The first-order chi connectivity index (χ1) is 39.2. The monoisotopic (exact) mass is 1190 g/mol. The first-order valence-electron chi connectivity index (χ1n) is 30.1. The average molecular weight is 1200 g/mol. The number of aliphatic hydroxyl groups is 15. The van der Waals surface area contributed by atoms with Gasteiger partial charge >= 0.3 is 0 Å². The molecule has 0 bridgehead atoms. The molecule has 6 heterocycles. The van der Waals surface area contributed by atoms with Crippen molar-refractivity contribution >= 4 is 0 Å². The summed E-state index contributed by atoms with van der Waals surface area (Å²) in [7, 11) is 0. The molecule has 4 aliphatic carbocycles. The van der Waals surface area contributed by atoms with Gasteiger partial charge in [0.2, 0.25) is 0 Å². The summed E-state index contributed by atoms with van der Waals surface area (Å²) >= 11 is 0. The molecule has 0 spiro atoms. The lowest BCUT2D eigenvalue weighted by Crippen LogP contribution is -2.67. The molecular weight excluding hydrogens is 1100 g/mol. The molecule has 6 saturated heterocycles. The Morgan fingerprint density at radius 1 is 0.566 bits per heavy atom. The summed E-state index contributed by atoms with van der Waals surface area (Å²) in [5.74, 6) is -0.409. The van der Waals surface area contributed by atoms with E-state index in [1.54, 1.807) is 0 Å². The SMILES string of the molecule is C[C@H](CC[C@@]1(O)O[C@H]2C[C@@H]3[C@H]4CC=C5C[C@@H](O[C@@H]6O[C@H](CO)[C@@H](O[C@@H]7O[C@@H](C)[C@H](O[C@@H]8O[C@@H](C)[C@H](O)[C@@H](O)[C@H]8O)[C@@H](O)[C@H]7O)[C@H](O)[C@H]6O[C@@H]6O[C@@H](C)[C@H](O)[C@@H](O)[C@H]6O)CC[C@]5(C)[C@H]4CC[C@]3(C)[C@H]2[C@@H]1C)CO[C@@H]1O[C@H](CO)[C@@H](O)[C@H](O)[C@H]1O. The molecule has 36 atom stereocenters. The lowest BCUT2D eigenvalue weighted by Gasteiger charge is -2.58. The van der Waals surface area contributed by atoms with Crippen LogP contribution < -0.4 is 0 Å².